The highest BCUT2D eigenvalue weighted by Gasteiger charge is 2.30. The first-order chi connectivity index (χ1) is 6.57. The minimum absolute atomic E-state index is 0.549. The summed E-state index contributed by atoms with van der Waals surface area (Å²) in [6.45, 7) is 0. The molecular formula is C11H9F3. The van der Waals surface area contributed by atoms with Crippen LogP contribution in [0.25, 0.3) is 0 Å². The van der Waals surface area contributed by atoms with Crippen molar-refractivity contribution in [3.63, 3.8) is 0 Å². The minimum atomic E-state index is -4.23. The van der Waals surface area contributed by atoms with Crippen molar-refractivity contribution in [3.8, 4) is 0 Å². The molecular weight excluding hydrogens is 189 g/mol. The molecule has 74 valence electrons. The second kappa shape index (κ2) is 3.15. The maximum Gasteiger partial charge on any atom is 0.416 e. The smallest absolute Gasteiger partial charge is 0.166 e. The van der Waals surface area contributed by atoms with Gasteiger partial charge in [0.2, 0.25) is 0 Å². The lowest BCUT2D eigenvalue weighted by molar-refractivity contribution is -0.137. The van der Waals surface area contributed by atoms with E-state index >= 15 is 0 Å². The van der Waals surface area contributed by atoms with Crippen LogP contribution in [0.4, 0.5) is 13.2 Å². The molecule has 1 aromatic rings. The van der Waals surface area contributed by atoms with Gasteiger partial charge in [-0.25, -0.2) is 0 Å². The topological polar surface area (TPSA) is 0 Å². The molecule has 14 heavy (non-hydrogen) atoms. The van der Waals surface area contributed by atoms with Gasteiger partial charge in [0, 0.05) is 0 Å². The number of fused-ring (bicyclic) bond motifs is 1. The average Bonchev–Trinajstić information content (AvgIpc) is 2.16. The van der Waals surface area contributed by atoms with E-state index < -0.39 is 11.7 Å². The Morgan fingerprint density at radius 3 is 2.21 bits per heavy atom. The van der Waals surface area contributed by atoms with Crippen molar-refractivity contribution in [2.24, 2.45) is 0 Å². The summed E-state index contributed by atoms with van der Waals surface area (Å²) in [7, 11) is 0. The monoisotopic (exact) mass is 198 g/mol. The third-order valence-corrected chi connectivity index (χ3v) is 2.38. The first kappa shape index (κ1) is 9.31. The summed E-state index contributed by atoms with van der Waals surface area (Å²) < 4.78 is 37.0. The molecule has 1 aliphatic rings. The van der Waals surface area contributed by atoms with Crippen LogP contribution < -0.4 is 0 Å². The van der Waals surface area contributed by atoms with Crippen LogP contribution >= 0.6 is 0 Å². The van der Waals surface area contributed by atoms with Crippen LogP contribution in [0.5, 0.6) is 0 Å². The lowest BCUT2D eigenvalue weighted by Crippen LogP contribution is -2.07. The number of alkyl halides is 3. The highest BCUT2D eigenvalue weighted by molar-refractivity contribution is 5.38. The molecule has 0 radical (unpaired) electrons. The largest absolute Gasteiger partial charge is 0.416 e. The zero-order valence-electron chi connectivity index (χ0n) is 7.43. The van der Waals surface area contributed by atoms with Crippen LogP contribution in [0.3, 0.4) is 0 Å². The summed E-state index contributed by atoms with van der Waals surface area (Å²) in [4.78, 5) is 0. The Bertz CT molecular complexity index is 375. The third-order valence-electron chi connectivity index (χ3n) is 2.38. The van der Waals surface area contributed by atoms with Crippen molar-refractivity contribution < 1.29 is 13.2 Å². The van der Waals surface area contributed by atoms with Crippen LogP contribution in [-0.4, -0.2) is 0 Å². The maximum atomic E-state index is 12.3. The third kappa shape index (κ3) is 1.67. The van der Waals surface area contributed by atoms with E-state index in [0.717, 1.165) is 23.6 Å². The van der Waals surface area contributed by atoms with E-state index in [1.165, 1.54) is 6.07 Å². The molecule has 0 aromatic heterocycles. The second-order valence-corrected chi connectivity index (χ2v) is 3.36. The van der Waals surface area contributed by atoms with E-state index in [2.05, 4.69) is 0 Å². The Balaban J connectivity index is 2.41. The average molecular weight is 198 g/mol. The van der Waals surface area contributed by atoms with Gasteiger partial charge < -0.3 is 0 Å². The fourth-order valence-corrected chi connectivity index (χ4v) is 1.61. The summed E-state index contributed by atoms with van der Waals surface area (Å²) in [5.74, 6) is 0. The number of halogens is 3. The van der Waals surface area contributed by atoms with Gasteiger partial charge in [0.15, 0.2) is 0 Å². The summed E-state index contributed by atoms with van der Waals surface area (Å²) in [6.07, 6.45) is 1.01. The molecule has 1 aliphatic carbocycles. The Labute approximate surface area is 80.1 Å². The number of hydrogen-bond donors (Lipinski definition) is 0. The zero-order valence-corrected chi connectivity index (χ0v) is 7.43. The first-order valence-corrected chi connectivity index (χ1v) is 4.41. The van der Waals surface area contributed by atoms with Gasteiger partial charge in [-0.1, -0.05) is 18.2 Å². The number of benzene rings is 1. The van der Waals surface area contributed by atoms with Crippen molar-refractivity contribution in [2.45, 2.75) is 19.0 Å². The Morgan fingerprint density at radius 2 is 1.57 bits per heavy atom. The highest BCUT2D eigenvalue weighted by Crippen LogP contribution is 2.31. The molecule has 0 N–H and O–H groups in total. The van der Waals surface area contributed by atoms with Crippen LogP contribution in [0.1, 0.15) is 16.7 Å². The molecule has 0 saturated heterocycles. The Morgan fingerprint density at radius 1 is 0.929 bits per heavy atom. The molecule has 0 aliphatic heterocycles. The molecule has 1 aromatic carbocycles. The van der Waals surface area contributed by atoms with Gasteiger partial charge in [-0.15, -0.1) is 0 Å². The number of allylic oxidation sites excluding steroid dienone is 2. The minimum Gasteiger partial charge on any atom is -0.166 e. The molecule has 3 heteroatoms. The van der Waals surface area contributed by atoms with Gasteiger partial charge in [-0.2, -0.15) is 13.2 Å². The summed E-state index contributed by atoms with van der Waals surface area (Å²) >= 11 is 0. The molecule has 0 fully saturated rings. The molecule has 0 spiro atoms. The number of hydrogen-bond acceptors (Lipinski definition) is 0. The van der Waals surface area contributed by atoms with E-state index in [1.807, 2.05) is 12.2 Å². The predicted octanol–water partition coefficient (Wildman–Crippen LogP) is 3.36. The van der Waals surface area contributed by atoms with Crippen LogP contribution in [-0.2, 0) is 19.0 Å². The van der Waals surface area contributed by atoms with Crippen LogP contribution in [0.15, 0.2) is 30.4 Å². The van der Waals surface area contributed by atoms with Gasteiger partial charge >= 0.3 is 6.18 Å². The van der Waals surface area contributed by atoms with Crippen LogP contribution in [0.2, 0.25) is 0 Å². The van der Waals surface area contributed by atoms with Gasteiger partial charge in [0.25, 0.3) is 0 Å². The van der Waals surface area contributed by atoms with Crippen LogP contribution in [0, 0.1) is 0 Å². The highest BCUT2D eigenvalue weighted by atomic mass is 19.4. The van der Waals surface area contributed by atoms with E-state index in [9.17, 15) is 13.2 Å². The standard InChI is InChI=1S/C11H9F3/c12-11(13,14)10-6-5-8-3-1-2-4-9(8)7-10/h1-2,5-7H,3-4H2. The Kier molecular flexibility index (Phi) is 2.10. The predicted molar refractivity (Wildman–Crippen MR) is 48.0 cm³/mol. The Hall–Kier alpha value is -1.25. The summed E-state index contributed by atoms with van der Waals surface area (Å²) in [6, 6.07) is 3.97. The fraction of sp³-hybridized carbons (Fsp3) is 0.273. The quantitative estimate of drug-likeness (QED) is 0.561. The normalized spacial score (nSPS) is 15.4. The van der Waals surface area contributed by atoms with Gasteiger partial charge in [-0.05, 0) is 36.1 Å². The van der Waals surface area contributed by atoms with E-state index in [-0.39, 0.29) is 0 Å². The summed E-state index contributed by atoms with van der Waals surface area (Å²) in [5, 5.41) is 0. The van der Waals surface area contributed by atoms with E-state index in [4.69, 9.17) is 0 Å². The molecule has 0 saturated carbocycles. The number of rotatable bonds is 0. The summed E-state index contributed by atoms with van der Waals surface area (Å²) in [5.41, 5.74) is 1.24. The SMILES string of the molecule is FC(F)(F)c1ccc2c(c1)CC=CC2. The molecule has 0 unspecified atom stereocenters. The van der Waals surface area contributed by atoms with Gasteiger partial charge in [-0.3, -0.25) is 0 Å². The zero-order chi connectivity index (χ0) is 10.2. The van der Waals surface area contributed by atoms with E-state index in [1.54, 1.807) is 6.07 Å². The van der Waals surface area contributed by atoms with Crippen molar-refractivity contribution in [3.05, 3.63) is 47.0 Å². The molecule has 0 heterocycles. The maximum absolute atomic E-state index is 12.3. The molecule has 0 bridgehead atoms. The van der Waals surface area contributed by atoms with Crippen molar-refractivity contribution in [2.75, 3.05) is 0 Å². The lowest BCUT2D eigenvalue weighted by Gasteiger charge is -2.14. The van der Waals surface area contributed by atoms with Crippen molar-refractivity contribution in [1.82, 2.24) is 0 Å². The molecule has 2 rings (SSSR count). The first-order valence-electron chi connectivity index (χ1n) is 4.41. The molecule has 0 nitrogen and oxygen atoms in total. The van der Waals surface area contributed by atoms with Crippen molar-refractivity contribution in [1.29, 1.82) is 0 Å². The van der Waals surface area contributed by atoms with Gasteiger partial charge in [0.05, 0.1) is 5.56 Å². The molecule has 0 amide bonds. The fourth-order valence-electron chi connectivity index (χ4n) is 1.61. The van der Waals surface area contributed by atoms with E-state index in [0.29, 0.717) is 6.42 Å². The molecule has 0 atom stereocenters. The van der Waals surface area contributed by atoms with Gasteiger partial charge in [0.1, 0.15) is 0 Å². The second-order valence-electron chi connectivity index (χ2n) is 3.36. The van der Waals surface area contributed by atoms with Crippen molar-refractivity contribution >= 4 is 0 Å². The lowest BCUT2D eigenvalue weighted by atomic mass is 9.95.